The van der Waals surface area contributed by atoms with Crippen LogP contribution < -0.4 is 4.74 Å². The molecule has 0 spiro atoms. The number of ether oxygens (including phenoxy) is 1. The van der Waals surface area contributed by atoms with Crippen molar-refractivity contribution >= 4 is 15.9 Å². The van der Waals surface area contributed by atoms with Crippen LogP contribution in [0.25, 0.3) is 0 Å². The summed E-state index contributed by atoms with van der Waals surface area (Å²) < 4.78 is 32.2. The maximum absolute atomic E-state index is 13.4. The first-order valence-corrected chi connectivity index (χ1v) is 6.96. The number of nitrogens with zero attached hydrogens (tertiary/aromatic N) is 1. The van der Waals surface area contributed by atoms with E-state index in [0.29, 0.717) is 11.1 Å². The van der Waals surface area contributed by atoms with Gasteiger partial charge in [0.2, 0.25) is 5.82 Å². The van der Waals surface area contributed by atoms with Crippen LogP contribution >= 0.6 is 15.9 Å². The maximum Gasteiger partial charge on any atom is 0.200 e. The lowest BCUT2D eigenvalue weighted by Gasteiger charge is -2.14. The minimum atomic E-state index is -0.917. The first-order chi connectivity index (χ1) is 8.66. The van der Waals surface area contributed by atoms with Gasteiger partial charge in [-0.1, -0.05) is 15.9 Å². The van der Waals surface area contributed by atoms with Crippen molar-refractivity contribution in [1.82, 2.24) is 4.90 Å². The third-order valence-electron chi connectivity index (χ3n) is 3.03. The molecule has 1 heterocycles. The average molecular weight is 320 g/mol. The van der Waals surface area contributed by atoms with Crippen molar-refractivity contribution in [3.63, 3.8) is 0 Å². The molecule has 0 N–H and O–H groups in total. The van der Waals surface area contributed by atoms with Crippen molar-refractivity contribution in [2.75, 3.05) is 26.2 Å². The van der Waals surface area contributed by atoms with Gasteiger partial charge in [0.1, 0.15) is 0 Å². The fourth-order valence-corrected chi connectivity index (χ4v) is 2.52. The molecule has 18 heavy (non-hydrogen) atoms. The second-order valence-electron chi connectivity index (χ2n) is 4.45. The van der Waals surface area contributed by atoms with E-state index in [1.54, 1.807) is 0 Å². The van der Waals surface area contributed by atoms with E-state index in [1.807, 2.05) is 0 Å². The SMILES string of the molecule is Fc1cc(Br)cc(OCCCN2CCCC2)c1F. The lowest BCUT2D eigenvalue weighted by atomic mass is 10.3. The second kappa shape index (κ2) is 6.48. The fourth-order valence-electron chi connectivity index (χ4n) is 2.11. The largest absolute Gasteiger partial charge is 0.490 e. The van der Waals surface area contributed by atoms with Gasteiger partial charge in [0.05, 0.1) is 6.61 Å². The number of likely N-dealkylation sites (tertiary alicyclic amines) is 1. The molecule has 2 rings (SSSR count). The van der Waals surface area contributed by atoms with Crippen LogP contribution in [0.5, 0.6) is 5.75 Å². The molecule has 1 fully saturated rings. The van der Waals surface area contributed by atoms with Crippen molar-refractivity contribution in [1.29, 1.82) is 0 Å². The van der Waals surface area contributed by atoms with Crippen molar-refractivity contribution in [3.05, 3.63) is 28.2 Å². The number of hydrogen-bond acceptors (Lipinski definition) is 2. The van der Waals surface area contributed by atoms with Gasteiger partial charge in [-0.3, -0.25) is 0 Å². The van der Waals surface area contributed by atoms with Gasteiger partial charge in [0, 0.05) is 11.0 Å². The quantitative estimate of drug-likeness (QED) is 0.607. The number of hydrogen-bond donors (Lipinski definition) is 0. The molecule has 100 valence electrons. The lowest BCUT2D eigenvalue weighted by Crippen LogP contribution is -2.22. The lowest BCUT2D eigenvalue weighted by molar-refractivity contribution is 0.253. The molecular weight excluding hydrogens is 304 g/mol. The first kappa shape index (κ1) is 13.7. The van der Waals surface area contributed by atoms with Gasteiger partial charge in [-0.15, -0.1) is 0 Å². The zero-order valence-electron chi connectivity index (χ0n) is 10.1. The highest BCUT2D eigenvalue weighted by atomic mass is 79.9. The minimum absolute atomic E-state index is 0.0247. The molecule has 5 heteroatoms. The highest BCUT2D eigenvalue weighted by Crippen LogP contribution is 2.25. The van der Waals surface area contributed by atoms with E-state index in [9.17, 15) is 8.78 Å². The third kappa shape index (κ3) is 3.65. The van der Waals surface area contributed by atoms with Crippen LogP contribution in [-0.4, -0.2) is 31.1 Å². The Hall–Kier alpha value is -0.680. The van der Waals surface area contributed by atoms with Crippen LogP contribution in [0.2, 0.25) is 0 Å². The standard InChI is InChI=1S/C13H16BrF2NO/c14-10-8-11(15)13(16)12(9-10)18-7-3-6-17-4-1-2-5-17/h8-9H,1-7H2. The number of benzene rings is 1. The van der Waals surface area contributed by atoms with Crippen LogP contribution in [-0.2, 0) is 0 Å². The summed E-state index contributed by atoms with van der Waals surface area (Å²) in [6.07, 6.45) is 3.34. The van der Waals surface area contributed by atoms with Crippen molar-refractivity contribution in [3.8, 4) is 5.75 Å². The molecule has 1 aliphatic rings. The van der Waals surface area contributed by atoms with Gasteiger partial charge >= 0.3 is 0 Å². The Morgan fingerprint density at radius 1 is 1.22 bits per heavy atom. The number of halogens is 3. The summed E-state index contributed by atoms with van der Waals surface area (Å²) in [5.41, 5.74) is 0. The Balaban J connectivity index is 1.79. The Bertz CT molecular complexity index is 408. The zero-order chi connectivity index (χ0) is 13.0. The van der Waals surface area contributed by atoms with Crippen molar-refractivity contribution < 1.29 is 13.5 Å². The topological polar surface area (TPSA) is 12.5 Å². The fraction of sp³-hybridized carbons (Fsp3) is 0.538. The molecule has 1 saturated heterocycles. The smallest absolute Gasteiger partial charge is 0.200 e. The molecule has 0 unspecified atom stereocenters. The Labute approximate surface area is 114 Å². The first-order valence-electron chi connectivity index (χ1n) is 6.16. The van der Waals surface area contributed by atoms with E-state index in [2.05, 4.69) is 20.8 Å². The van der Waals surface area contributed by atoms with Crippen LogP contribution in [0, 0.1) is 11.6 Å². The van der Waals surface area contributed by atoms with Crippen molar-refractivity contribution in [2.24, 2.45) is 0 Å². The summed E-state index contributed by atoms with van der Waals surface area (Å²) in [5, 5.41) is 0. The highest BCUT2D eigenvalue weighted by Gasteiger charge is 2.13. The van der Waals surface area contributed by atoms with E-state index in [0.717, 1.165) is 32.1 Å². The molecule has 2 nitrogen and oxygen atoms in total. The Morgan fingerprint density at radius 3 is 2.67 bits per heavy atom. The Morgan fingerprint density at radius 2 is 1.94 bits per heavy atom. The molecule has 0 saturated carbocycles. The molecule has 0 aromatic heterocycles. The predicted molar refractivity (Wildman–Crippen MR) is 69.8 cm³/mol. The number of rotatable bonds is 5. The second-order valence-corrected chi connectivity index (χ2v) is 5.37. The monoisotopic (exact) mass is 319 g/mol. The van der Waals surface area contributed by atoms with E-state index in [1.165, 1.54) is 18.9 Å². The van der Waals surface area contributed by atoms with E-state index < -0.39 is 11.6 Å². The molecule has 0 radical (unpaired) electrons. The summed E-state index contributed by atoms with van der Waals surface area (Å²) in [6, 6.07) is 2.54. The van der Waals surface area contributed by atoms with E-state index in [4.69, 9.17) is 4.74 Å². The van der Waals surface area contributed by atoms with Crippen LogP contribution in [0.3, 0.4) is 0 Å². The average Bonchev–Trinajstić information content (AvgIpc) is 2.83. The van der Waals surface area contributed by atoms with Crippen LogP contribution in [0.1, 0.15) is 19.3 Å². The summed E-state index contributed by atoms with van der Waals surface area (Å²) in [4.78, 5) is 2.36. The van der Waals surface area contributed by atoms with Gasteiger partial charge < -0.3 is 9.64 Å². The summed E-state index contributed by atoms with van der Waals surface area (Å²) >= 11 is 3.12. The Kier molecular flexibility index (Phi) is 4.95. The molecule has 1 aromatic rings. The van der Waals surface area contributed by atoms with E-state index in [-0.39, 0.29) is 5.75 Å². The van der Waals surface area contributed by atoms with Gasteiger partial charge in [0.25, 0.3) is 0 Å². The molecule has 1 aliphatic heterocycles. The van der Waals surface area contributed by atoms with Gasteiger partial charge in [-0.2, -0.15) is 4.39 Å². The van der Waals surface area contributed by atoms with Crippen LogP contribution in [0.4, 0.5) is 8.78 Å². The highest BCUT2D eigenvalue weighted by molar-refractivity contribution is 9.10. The molecule has 0 aliphatic carbocycles. The third-order valence-corrected chi connectivity index (χ3v) is 3.49. The van der Waals surface area contributed by atoms with Gasteiger partial charge in [-0.25, -0.2) is 4.39 Å². The predicted octanol–water partition coefficient (Wildman–Crippen LogP) is 3.59. The van der Waals surface area contributed by atoms with E-state index >= 15 is 0 Å². The molecule has 0 amide bonds. The minimum Gasteiger partial charge on any atom is -0.490 e. The zero-order valence-corrected chi connectivity index (χ0v) is 11.7. The summed E-state index contributed by atoms with van der Waals surface area (Å²) in [7, 11) is 0. The molecule has 1 aromatic carbocycles. The van der Waals surface area contributed by atoms with Crippen molar-refractivity contribution in [2.45, 2.75) is 19.3 Å². The normalized spacial score (nSPS) is 16.2. The maximum atomic E-state index is 13.4. The molecular formula is C13H16BrF2NO. The summed E-state index contributed by atoms with van der Waals surface area (Å²) in [6.45, 7) is 3.64. The van der Waals surface area contributed by atoms with Gasteiger partial charge in [-0.05, 0) is 44.5 Å². The molecule has 0 bridgehead atoms. The molecule has 0 atom stereocenters. The van der Waals surface area contributed by atoms with Gasteiger partial charge in [0.15, 0.2) is 11.6 Å². The summed E-state index contributed by atoms with van der Waals surface area (Å²) in [5.74, 6) is -1.83. The van der Waals surface area contributed by atoms with Crippen LogP contribution in [0.15, 0.2) is 16.6 Å².